The molecule has 23 heavy (non-hydrogen) atoms. The largest absolute Gasteiger partial charge is 0.490 e. The Morgan fingerprint density at radius 3 is 1.87 bits per heavy atom. The van der Waals surface area contributed by atoms with Crippen LogP contribution >= 0.6 is 0 Å². The average molecular weight is 322 g/mol. The summed E-state index contributed by atoms with van der Waals surface area (Å²) in [5, 5.41) is 8.79. The van der Waals surface area contributed by atoms with E-state index in [1.165, 1.54) is 6.08 Å². The van der Waals surface area contributed by atoms with Gasteiger partial charge < -0.3 is 19.3 Å². The molecule has 1 aromatic carbocycles. The van der Waals surface area contributed by atoms with E-state index in [4.69, 9.17) is 19.3 Å². The topological polar surface area (TPSA) is 65.0 Å². The Hall–Kier alpha value is -2.17. The number of benzene rings is 1. The van der Waals surface area contributed by atoms with Crippen molar-refractivity contribution in [2.45, 2.75) is 40.0 Å². The van der Waals surface area contributed by atoms with Crippen molar-refractivity contribution >= 4 is 12.0 Å². The molecule has 0 unspecified atom stereocenters. The van der Waals surface area contributed by atoms with Gasteiger partial charge in [0.2, 0.25) is 5.75 Å². The van der Waals surface area contributed by atoms with E-state index in [2.05, 4.69) is 0 Å². The first-order chi connectivity index (χ1) is 11.1. The Balaban J connectivity index is 3.21. The van der Waals surface area contributed by atoms with Crippen molar-refractivity contribution in [2.75, 3.05) is 19.8 Å². The lowest BCUT2D eigenvalue weighted by Gasteiger charge is -2.17. The van der Waals surface area contributed by atoms with Gasteiger partial charge in [0, 0.05) is 6.08 Å². The number of carboxylic acid groups (broad SMARTS) is 1. The van der Waals surface area contributed by atoms with Crippen molar-refractivity contribution in [3.05, 3.63) is 23.8 Å². The number of carbonyl (C=O) groups is 1. The predicted octanol–water partition coefficient (Wildman–Crippen LogP) is 4.15. The molecule has 0 amide bonds. The molecule has 0 saturated heterocycles. The van der Waals surface area contributed by atoms with Crippen molar-refractivity contribution in [3.8, 4) is 17.2 Å². The summed E-state index contributed by atoms with van der Waals surface area (Å²) in [7, 11) is 0. The summed E-state index contributed by atoms with van der Waals surface area (Å²) < 4.78 is 17.3. The maximum absolute atomic E-state index is 10.7. The second-order valence-electron chi connectivity index (χ2n) is 5.06. The first-order valence-corrected chi connectivity index (χ1v) is 8.09. The monoisotopic (exact) mass is 322 g/mol. The minimum absolute atomic E-state index is 0.557. The van der Waals surface area contributed by atoms with Crippen molar-refractivity contribution in [1.82, 2.24) is 0 Å². The zero-order valence-electron chi connectivity index (χ0n) is 14.1. The van der Waals surface area contributed by atoms with Crippen LogP contribution in [0.2, 0.25) is 0 Å². The molecule has 5 heteroatoms. The zero-order valence-corrected chi connectivity index (χ0v) is 14.1. The van der Waals surface area contributed by atoms with Gasteiger partial charge in [0.25, 0.3) is 0 Å². The van der Waals surface area contributed by atoms with Crippen LogP contribution in [0.1, 0.15) is 45.6 Å². The Labute approximate surface area is 137 Å². The van der Waals surface area contributed by atoms with Crippen LogP contribution < -0.4 is 14.2 Å². The van der Waals surface area contributed by atoms with E-state index in [-0.39, 0.29) is 0 Å². The molecule has 0 radical (unpaired) electrons. The molecule has 128 valence electrons. The molecule has 0 bridgehead atoms. The summed E-state index contributed by atoms with van der Waals surface area (Å²) in [4.78, 5) is 10.7. The van der Waals surface area contributed by atoms with Crippen LogP contribution in [-0.2, 0) is 4.79 Å². The van der Waals surface area contributed by atoms with Crippen LogP contribution in [0.4, 0.5) is 0 Å². The van der Waals surface area contributed by atoms with E-state index in [1.807, 2.05) is 20.8 Å². The normalized spacial score (nSPS) is 10.7. The number of ether oxygens (including phenoxy) is 3. The molecule has 1 rings (SSSR count). The summed E-state index contributed by atoms with van der Waals surface area (Å²) >= 11 is 0. The highest BCUT2D eigenvalue weighted by molar-refractivity contribution is 5.85. The van der Waals surface area contributed by atoms with Gasteiger partial charge in [0.05, 0.1) is 19.8 Å². The SMILES string of the molecule is CCCOc1cc(C=CC(=O)O)cc(OCCC)c1OCCC. The molecular formula is C18H26O5. The van der Waals surface area contributed by atoms with Crippen LogP contribution in [0.5, 0.6) is 17.2 Å². The first-order valence-electron chi connectivity index (χ1n) is 8.09. The van der Waals surface area contributed by atoms with Crippen LogP contribution in [0.25, 0.3) is 6.08 Å². The third kappa shape index (κ3) is 6.63. The molecule has 1 N–H and O–H groups in total. The quantitative estimate of drug-likeness (QED) is 0.620. The van der Waals surface area contributed by atoms with Gasteiger partial charge in [-0.05, 0) is 43.0 Å². The van der Waals surface area contributed by atoms with E-state index >= 15 is 0 Å². The number of hydrogen-bond acceptors (Lipinski definition) is 4. The van der Waals surface area contributed by atoms with Gasteiger partial charge in [-0.25, -0.2) is 4.79 Å². The lowest BCUT2D eigenvalue weighted by atomic mass is 10.1. The molecule has 5 nitrogen and oxygen atoms in total. The Bertz CT molecular complexity index is 493. The van der Waals surface area contributed by atoms with Crippen molar-refractivity contribution in [1.29, 1.82) is 0 Å². The second-order valence-corrected chi connectivity index (χ2v) is 5.06. The average Bonchev–Trinajstić information content (AvgIpc) is 2.54. The fourth-order valence-electron chi connectivity index (χ4n) is 1.85. The minimum atomic E-state index is -0.997. The third-order valence-electron chi connectivity index (χ3n) is 2.84. The zero-order chi connectivity index (χ0) is 17.1. The predicted molar refractivity (Wildman–Crippen MR) is 90.5 cm³/mol. The highest BCUT2D eigenvalue weighted by atomic mass is 16.5. The lowest BCUT2D eigenvalue weighted by molar-refractivity contribution is -0.131. The summed E-state index contributed by atoms with van der Waals surface area (Å²) in [5.41, 5.74) is 0.702. The molecule has 0 aliphatic heterocycles. The Morgan fingerprint density at radius 2 is 1.43 bits per heavy atom. The van der Waals surface area contributed by atoms with E-state index in [0.29, 0.717) is 42.6 Å². The summed E-state index contributed by atoms with van der Waals surface area (Å²) in [5.74, 6) is 0.752. The van der Waals surface area contributed by atoms with Gasteiger partial charge in [-0.15, -0.1) is 0 Å². The molecule has 0 fully saturated rings. The molecule has 0 atom stereocenters. The van der Waals surface area contributed by atoms with Crippen LogP contribution in [0.15, 0.2) is 18.2 Å². The maximum atomic E-state index is 10.7. The number of carboxylic acids is 1. The molecule has 0 aromatic heterocycles. The number of hydrogen-bond donors (Lipinski definition) is 1. The fourth-order valence-corrected chi connectivity index (χ4v) is 1.85. The molecular weight excluding hydrogens is 296 g/mol. The number of aliphatic carboxylic acids is 1. The van der Waals surface area contributed by atoms with Gasteiger partial charge in [0.1, 0.15) is 0 Å². The lowest BCUT2D eigenvalue weighted by Crippen LogP contribution is -2.05. The molecule has 1 aromatic rings. The number of rotatable bonds is 11. The van der Waals surface area contributed by atoms with E-state index in [1.54, 1.807) is 12.1 Å². The van der Waals surface area contributed by atoms with Gasteiger partial charge >= 0.3 is 5.97 Å². The molecule has 0 aliphatic carbocycles. The van der Waals surface area contributed by atoms with Gasteiger partial charge in [-0.1, -0.05) is 20.8 Å². The second kappa shape index (κ2) is 10.5. The van der Waals surface area contributed by atoms with Crippen molar-refractivity contribution in [2.24, 2.45) is 0 Å². The highest BCUT2D eigenvalue weighted by Crippen LogP contribution is 2.39. The smallest absolute Gasteiger partial charge is 0.328 e. The van der Waals surface area contributed by atoms with Crippen LogP contribution in [0, 0.1) is 0 Å². The first kappa shape index (κ1) is 18.9. The van der Waals surface area contributed by atoms with Gasteiger partial charge in [-0.3, -0.25) is 0 Å². The third-order valence-corrected chi connectivity index (χ3v) is 2.84. The summed E-state index contributed by atoms with van der Waals surface area (Å²) in [6.45, 7) is 7.76. The summed E-state index contributed by atoms with van der Waals surface area (Å²) in [6, 6.07) is 3.55. The summed E-state index contributed by atoms with van der Waals surface area (Å²) in [6.07, 6.45) is 5.22. The highest BCUT2D eigenvalue weighted by Gasteiger charge is 2.15. The van der Waals surface area contributed by atoms with Gasteiger partial charge in [0.15, 0.2) is 11.5 Å². The Kier molecular flexibility index (Phi) is 8.65. The minimum Gasteiger partial charge on any atom is -0.490 e. The van der Waals surface area contributed by atoms with Crippen molar-refractivity contribution < 1.29 is 24.1 Å². The molecule has 0 heterocycles. The Morgan fingerprint density at radius 1 is 0.957 bits per heavy atom. The van der Waals surface area contributed by atoms with Crippen LogP contribution in [-0.4, -0.2) is 30.9 Å². The van der Waals surface area contributed by atoms with Crippen LogP contribution in [0.3, 0.4) is 0 Å². The van der Waals surface area contributed by atoms with Gasteiger partial charge in [-0.2, -0.15) is 0 Å². The standard InChI is InChI=1S/C18H26O5/c1-4-9-21-15-12-14(7-8-17(19)20)13-16(22-10-5-2)18(15)23-11-6-3/h7-8,12-13H,4-6,9-11H2,1-3H3,(H,19,20). The molecule has 0 spiro atoms. The van der Waals surface area contributed by atoms with Crippen molar-refractivity contribution in [3.63, 3.8) is 0 Å². The molecule has 0 saturated carbocycles. The van der Waals surface area contributed by atoms with E-state index in [0.717, 1.165) is 25.3 Å². The van der Waals surface area contributed by atoms with E-state index in [9.17, 15) is 4.79 Å². The maximum Gasteiger partial charge on any atom is 0.328 e. The fraction of sp³-hybridized carbons (Fsp3) is 0.500. The molecule has 0 aliphatic rings. The van der Waals surface area contributed by atoms with E-state index < -0.39 is 5.97 Å².